The van der Waals surface area contributed by atoms with E-state index in [2.05, 4.69) is 5.32 Å². The van der Waals surface area contributed by atoms with Crippen molar-refractivity contribution in [3.63, 3.8) is 0 Å². The number of fused-ring (bicyclic) bond motifs is 1. The first kappa shape index (κ1) is 25.4. The van der Waals surface area contributed by atoms with Gasteiger partial charge in [-0.25, -0.2) is 8.42 Å². The van der Waals surface area contributed by atoms with Gasteiger partial charge in [0.25, 0.3) is 15.9 Å². The largest absolute Gasteiger partial charge is 0.497 e. The monoisotopic (exact) mass is 510 g/mol. The molecule has 1 amide bonds. The number of benzene rings is 3. The van der Waals surface area contributed by atoms with Gasteiger partial charge in [-0.2, -0.15) is 0 Å². The Kier molecular flexibility index (Phi) is 7.40. The fourth-order valence-corrected chi connectivity index (χ4v) is 5.49. The summed E-state index contributed by atoms with van der Waals surface area (Å²) in [5.74, 6) is 1.23. The van der Waals surface area contributed by atoms with Crippen LogP contribution in [0.15, 0.2) is 65.6 Å². The second-order valence-corrected chi connectivity index (χ2v) is 10.6. The summed E-state index contributed by atoms with van der Waals surface area (Å²) >= 11 is 0. The van der Waals surface area contributed by atoms with Crippen molar-refractivity contribution >= 4 is 21.6 Å². The topological polar surface area (TPSA) is 94.2 Å². The van der Waals surface area contributed by atoms with E-state index >= 15 is 0 Å². The van der Waals surface area contributed by atoms with Crippen molar-refractivity contribution in [3.05, 3.63) is 77.4 Å². The van der Waals surface area contributed by atoms with Crippen LogP contribution in [0.2, 0.25) is 0 Å². The van der Waals surface area contributed by atoms with Gasteiger partial charge < -0.3 is 19.5 Å². The van der Waals surface area contributed by atoms with E-state index < -0.39 is 22.0 Å². The summed E-state index contributed by atoms with van der Waals surface area (Å²) < 4.78 is 45.2. The zero-order valence-electron chi connectivity index (χ0n) is 20.8. The Morgan fingerprint density at radius 2 is 1.72 bits per heavy atom. The summed E-state index contributed by atoms with van der Waals surface area (Å²) in [6, 6.07) is 17.3. The fraction of sp³-hybridized carbons (Fsp3) is 0.296. The minimum Gasteiger partial charge on any atom is -0.497 e. The smallest absolute Gasteiger partial charge is 0.264 e. The standard InChI is InChI=1S/C27H30N2O6S/c1-18-6-12-24(20(3)15-18)34-14-13-28-27(30)26-17-29(23-11-5-19(2)16-25(23)35-26)36(31,32)22-9-7-21(33-4)8-10-22/h5-12,15-16,26H,13-14,17H2,1-4H3,(H,28,30)/t26-/m0/s1. The number of hydrogen-bond acceptors (Lipinski definition) is 6. The van der Waals surface area contributed by atoms with Crippen LogP contribution in [0.25, 0.3) is 0 Å². The minimum atomic E-state index is -3.96. The summed E-state index contributed by atoms with van der Waals surface area (Å²) in [7, 11) is -2.44. The number of anilines is 1. The van der Waals surface area contributed by atoms with Crippen LogP contribution in [0.5, 0.6) is 17.2 Å². The SMILES string of the molecule is COc1ccc(S(=O)(=O)N2C[C@@H](C(=O)NCCOc3ccc(C)cc3C)Oc3cc(C)ccc32)cc1. The third-order valence-corrected chi connectivity index (χ3v) is 7.71. The number of carbonyl (C=O) groups is 1. The van der Waals surface area contributed by atoms with Gasteiger partial charge in [-0.15, -0.1) is 0 Å². The van der Waals surface area contributed by atoms with Gasteiger partial charge in [0.05, 0.1) is 30.8 Å². The molecule has 9 heteroatoms. The molecule has 0 spiro atoms. The number of ether oxygens (including phenoxy) is 3. The average Bonchev–Trinajstić information content (AvgIpc) is 2.86. The molecule has 0 fully saturated rings. The quantitative estimate of drug-likeness (QED) is 0.464. The fourth-order valence-electron chi connectivity index (χ4n) is 4.01. The molecule has 4 rings (SSSR count). The number of nitrogens with zero attached hydrogens (tertiary/aromatic N) is 1. The van der Waals surface area contributed by atoms with Crippen molar-refractivity contribution < 1.29 is 27.4 Å². The number of nitrogens with one attached hydrogen (secondary N) is 1. The van der Waals surface area contributed by atoms with Crippen molar-refractivity contribution in [2.75, 3.05) is 31.1 Å². The van der Waals surface area contributed by atoms with Crippen LogP contribution in [0.3, 0.4) is 0 Å². The molecule has 0 saturated heterocycles. The van der Waals surface area contributed by atoms with Crippen molar-refractivity contribution in [2.45, 2.75) is 31.8 Å². The number of rotatable bonds is 8. The predicted octanol–water partition coefficient (Wildman–Crippen LogP) is 3.77. The first-order chi connectivity index (χ1) is 17.2. The van der Waals surface area contributed by atoms with Gasteiger partial charge in [0, 0.05) is 0 Å². The van der Waals surface area contributed by atoms with Crippen molar-refractivity contribution in [3.8, 4) is 17.2 Å². The van der Waals surface area contributed by atoms with E-state index in [0.29, 0.717) is 17.2 Å². The maximum absolute atomic E-state index is 13.6. The molecule has 0 radical (unpaired) electrons. The predicted molar refractivity (Wildman–Crippen MR) is 138 cm³/mol. The molecule has 0 unspecified atom stereocenters. The van der Waals surface area contributed by atoms with E-state index in [-0.39, 0.29) is 24.6 Å². The number of sulfonamides is 1. The second kappa shape index (κ2) is 10.5. The molecule has 36 heavy (non-hydrogen) atoms. The average molecular weight is 511 g/mol. The highest BCUT2D eigenvalue weighted by atomic mass is 32.2. The minimum absolute atomic E-state index is 0.0951. The van der Waals surface area contributed by atoms with Gasteiger partial charge in [-0.3, -0.25) is 9.10 Å². The van der Waals surface area contributed by atoms with E-state index in [1.165, 1.54) is 23.5 Å². The van der Waals surface area contributed by atoms with E-state index in [9.17, 15) is 13.2 Å². The molecule has 3 aromatic carbocycles. The third kappa shape index (κ3) is 5.41. The third-order valence-electron chi connectivity index (χ3n) is 5.91. The molecular formula is C27H30N2O6S. The molecule has 0 aromatic heterocycles. The van der Waals surface area contributed by atoms with Crippen LogP contribution < -0.4 is 23.8 Å². The Balaban J connectivity index is 1.49. The Morgan fingerprint density at radius 3 is 2.42 bits per heavy atom. The number of amides is 1. The van der Waals surface area contributed by atoms with Crippen LogP contribution >= 0.6 is 0 Å². The van der Waals surface area contributed by atoms with Gasteiger partial charge >= 0.3 is 0 Å². The molecule has 1 aliphatic rings. The summed E-state index contributed by atoms with van der Waals surface area (Å²) in [5.41, 5.74) is 3.44. The molecule has 1 aliphatic heterocycles. The number of hydrogen-bond donors (Lipinski definition) is 1. The Morgan fingerprint density at radius 1 is 1.03 bits per heavy atom. The maximum atomic E-state index is 13.6. The normalized spacial score (nSPS) is 15.0. The molecule has 1 atom stereocenters. The van der Waals surface area contributed by atoms with Crippen LogP contribution in [-0.2, 0) is 14.8 Å². The Labute approximate surface area is 211 Å². The Hall–Kier alpha value is -3.72. The molecule has 1 N–H and O–H groups in total. The van der Waals surface area contributed by atoms with Crippen LogP contribution in [0, 0.1) is 20.8 Å². The molecule has 3 aromatic rings. The molecule has 0 aliphatic carbocycles. The highest BCUT2D eigenvalue weighted by Gasteiger charge is 2.37. The van der Waals surface area contributed by atoms with Gasteiger partial charge in [0.15, 0.2) is 6.10 Å². The molecule has 1 heterocycles. The lowest BCUT2D eigenvalue weighted by Crippen LogP contribution is -2.51. The second-order valence-electron chi connectivity index (χ2n) is 8.70. The maximum Gasteiger partial charge on any atom is 0.264 e. The Bertz CT molecular complexity index is 1360. The van der Waals surface area contributed by atoms with Gasteiger partial charge in [-0.05, 0) is 74.4 Å². The summed E-state index contributed by atoms with van der Waals surface area (Å²) in [5, 5.41) is 2.80. The highest BCUT2D eigenvalue weighted by molar-refractivity contribution is 7.92. The van der Waals surface area contributed by atoms with E-state index in [0.717, 1.165) is 22.4 Å². The molecule has 0 saturated carbocycles. The summed E-state index contributed by atoms with van der Waals surface area (Å²) in [6.07, 6.45) is -1.02. The number of carbonyl (C=O) groups excluding carboxylic acids is 1. The highest BCUT2D eigenvalue weighted by Crippen LogP contribution is 2.38. The molecule has 0 bridgehead atoms. The van der Waals surface area contributed by atoms with E-state index in [1.54, 1.807) is 24.3 Å². The first-order valence-corrected chi connectivity index (χ1v) is 13.0. The lowest BCUT2D eigenvalue weighted by molar-refractivity contribution is -0.127. The van der Waals surface area contributed by atoms with Crippen LogP contribution in [-0.4, -0.2) is 47.2 Å². The number of methoxy groups -OCH3 is 1. The van der Waals surface area contributed by atoms with Gasteiger partial charge in [0.2, 0.25) is 0 Å². The van der Waals surface area contributed by atoms with Crippen LogP contribution in [0.4, 0.5) is 5.69 Å². The van der Waals surface area contributed by atoms with Crippen molar-refractivity contribution in [1.29, 1.82) is 0 Å². The van der Waals surface area contributed by atoms with Gasteiger partial charge in [0.1, 0.15) is 23.9 Å². The summed E-state index contributed by atoms with van der Waals surface area (Å²) in [6.45, 7) is 6.21. The zero-order chi connectivity index (χ0) is 25.9. The van der Waals surface area contributed by atoms with E-state index in [4.69, 9.17) is 14.2 Å². The summed E-state index contributed by atoms with van der Waals surface area (Å²) in [4.78, 5) is 13.1. The first-order valence-electron chi connectivity index (χ1n) is 11.6. The zero-order valence-corrected chi connectivity index (χ0v) is 21.6. The van der Waals surface area contributed by atoms with Crippen LogP contribution in [0.1, 0.15) is 16.7 Å². The molecule has 190 valence electrons. The van der Waals surface area contributed by atoms with Gasteiger partial charge in [-0.1, -0.05) is 23.8 Å². The molecule has 8 nitrogen and oxygen atoms in total. The van der Waals surface area contributed by atoms with Crippen molar-refractivity contribution in [1.82, 2.24) is 5.32 Å². The van der Waals surface area contributed by atoms with Crippen molar-refractivity contribution in [2.24, 2.45) is 0 Å². The lowest BCUT2D eigenvalue weighted by atomic mass is 10.1. The lowest BCUT2D eigenvalue weighted by Gasteiger charge is -2.35. The molecular weight excluding hydrogens is 480 g/mol. The van der Waals surface area contributed by atoms with E-state index in [1.807, 2.05) is 45.0 Å². The number of aryl methyl sites for hydroxylation is 3.